The Balaban J connectivity index is 1.41. The number of piperidine rings is 1. The number of anilines is 2. The van der Waals surface area contributed by atoms with Gasteiger partial charge in [-0.3, -0.25) is 14.4 Å². The fourth-order valence-corrected chi connectivity index (χ4v) is 4.73. The number of nitrogens with zero attached hydrogens (tertiary/aromatic N) is 1. The second kappa shape index (κ2) is 13.0. The molecular weight excluding hydrogens is 584 g/mol. The molecular formula is C30H26ClF2N5O5. The van der Waals surface area contributed by atoms with Crippen molar-refractivity contribution in [3.63, 3.8) is 0 Å². The number of hydrogen-bond acceptors (Lipinski definition) is 8. The summed E-state index contributed by atoms with van der Waals surface area (Å²) in [5.41, 5.74) is 5.12. The summed E-state index contributed by atoms with van der Waals surface area (Å²) in [5.74, 6) is -3.07. The molecule has 5 N–H and O–H groups in total. The number of esters is 1. The van der Waals surface area contributed by atoms with Crippen LogP contribution in [0.1, 0.15) is 28.9 Å². The Hall–Kier alpha value is -4.81. The van der Waals surface area contributed by atoms with Gasteiger partial charge < -0.3 is 30.8 Å². The Morgan fingerprint density at radius 3 is 2.53 bits per heavy atom. The first kappa shape index (κ1) is 29.7. The summed E-state index contributed by atoms with van der Waals surface area (Å²) in [6, 6.07) is 10.2. The lowest BCUT2D eigenvalue weighted by atomic mass is 9.98. The van der Waals surface area contributed by atoms with E-state index in [2.05, 4.69) is 20.6 Å². The number of aromatic nitrogens is 2. The summed E-state index contributed by atoms with van der Waals surface area (Å²) in [5, 5.41) is 5.69. The van der Waals surface area contributed by atoms with Crippen LogP contribution in [0.25, 0.3) is 11.1 Å². The molecule has 0 atom stereocenters. The van der Waals surface area contributed by atoms with Crippen molar-refractivity contribution in [2.75, 3.05) is 24.1 Å². The molecule has 1 saturated heterocycles. The highest BCUT2D eigenvalue weighted by molar-refractivity contribution is 6.34. The lowest BCUT2D eigenvalue weighted by Crippen LogP contribution is -2.33. The number of carbonyl (C=O) groups excluding carboxylic acids is 2. The zero-order valence-corrected chi connectivity index (χ0v) is 23.3. The van der Waals surface area contributed by atoms with Crippen molar-refractivity contribution >= 4 is 35.0 Å². The van der Waals surface area contributed by atoms with Crippen molar-refractivity contribution < 1.29 is 27.8 Å². The fraction of sp³-hybridized carbons (Fsp3) is 0.200. The molecule has 1 aliphatic rings. The third kappa shape index (κ3) is 6.82. The second-order valence-electron chi connectivity index (χ2n) is 9.73. The maximum Gasteiger partial charge on any atom is 0.309 e. The molecule has 0 radical (unpaired) electrons. The Kier molecular flexibility index (Phi) is 8.98. The molecule has 0 bridgehead atoms. The Morgan fingerprint density at radius 2 is 1.81 bits per heavy atom. The van der Waals surface area contributed by atoms with Crippen LogP contribution >= 0.6 is 11.6 Å². The molecule has 2 aromatic heterocycles. The zero-order chi connectivity index (χ0) is 30.5. The van der Waals surface area contributed by atoms with Gasteiger partial charge in [0.25, 0.3) is 5.91 Å². The van der Waals surface area contributed by atoms with Gasteiger partial charge in [0, 0.05) is 35.8 Å². The minimum atomic E-state index is -0.879. The Labute approximate surface area is 249 Å². The number of nitrogens with one attached hydrogen (secondary N) is 3. The lowest BCUT2D eigenvalue weighted by Gasteiger charge is -2.21. The van der Waals surface area contributed by atoms with Crippen LogP contribution in [-0.2, 0) is 16.1 Å². The van der Waals surface area contributed by atoms with Gasteiger partial charge in [0.1, 0.15) is 28.8 Å². The van der Waals surface area contributed by atoms with Crippen LogP contribution in [0.2, 0.25) is 5.02 Å². The van der Waals surface area contributed by atoms with Crippen molar-refractivity contribution in [2.45, 2.75) is 19.4 Å². The van der Waals surface area contributed by atoms with Crippen LogP contribution in [0, 0.1) is 17.6 Å². The number of rotatable bonds is 8. The van der Waals surface area contributed by atoms with E-state index in [0.717, 1.165) is 6.07 Å². The summed E-state index contributed by atoms with van der Waals surface area (Å²) in [4.78, 5) is 46.4. The van der Waals surface area contributed by atoms with Crippen LogP contribution in [0.3, 0.4) is 0 Å². The Bertz CT molecular complexity index is 1730. The summed E-state index contributed by atoms with van der Waals surface area (Å²) >= 11 is 6.07. The van der Waals surface area contributed by atoms with Crippen LogP contribution in [0.5, 0.6) is 11.5 Å². The monoisotopic (exact) mass is 609 g/mol. The standard InChI is InChI=1S/C30H26ClF2N5O5/c31-26-24(9-12-36-28(26)34)43-23-6-5-19(13-21(23)33)38-29(40)25-22(15-42-30(41)17-7-10-35-11-8-17)37-14-20(27(25)39)16-1-3-18(32)4-2-16/h1-6,9,12-14,17,35H,7-8,10-11,15H2,(H2,34,36)(H,37,39)(H,38,40). The minimum absolute atomic E-state index is 0.00734. The van der Waals surface area contributed by atoms with Gasteiger partial charge in [-0.2, -0.15) is 0 Å². The molecule has 10 nitrogen and oxygen atoms in total. The molecule has 0 saturated carbocycles. The number of pyridine rings is 2. The van der Waals surface area contributed by atoms with E-state index in [1.165, 1.54) is 54.9 Å². The van der Waals surface area contributed by atoms with E-state index in [0.29, 0.717) is 31.5 Å². The number of nitrogens with two attached hydrogens (primary N) is 1. The lowest BCUT2D eigenvalue weighted by molar-refractivity contribution is -0.150. The van der Waals surface area contributed by atoms with Gasteiger partial charge in [-0.1, -0.05) is 23.7 Å². The largest absolute Gasteiger partial charge is 0.459 e. The van der Waals surface area contributed by atoms with E-state index in [9.17, 15) is 23.2 Å². The number of halogens is 3. The highest BCUT2D eigenvalue weighted by Crippen LogP contribution is 2.34. The molecule has 1 amide bonds. The average molecular weight is 610 g/mol. The molecule has 4 aromatic rings. The van der Waals surface area contributed by atoms with Gasteiger partial charge in [-0.25, -0.2) is 13.8 Å². The van der Waals surface area contributed by atoms with Crippen molar-refractivity contribution in [1.29, 1.82) is 0 Å². The smallest absolute Gasteiger partial charge is 0.309 e. The normalized spacial score (nSPS) is 13.4. The molecule has 43 heavy (non-hydrogen) atoms. The number of ether oxygens (including phenoxy) is 2. The van der Waals surface area contributed by atoms with Gasteiger partial charge in [0.2, 0.25) is 5.43 Å². The number of benzene rings is 2. The zero-order valence-electron chi connectivity index (χ0n) is 22.6. The van der Waals surface area contributed by atoms with Gasteiger partial charge >= 0.3 is 5.97 Å². The molecule has 0 spiro atoms. The summed E-state index contributed by atoms with van der Waals surface area (Å²) in [6.45, 7) is 0.989. The van der Waals surface area contributed by atoms with E-state index < -0.39 is 28.9 Å². The topological polar surface area (TPSA) is 148 Å². The maximum absolute atomic E-state index is 15.0. The van der Waals surface area contributed by atoms with Crippen LogP contribution in [-0.4, -0.2) is 34.9 Å². The first-order valence-corrected chi connectivity index (χ1v) is 13.7. The fourth-order valence-electron chi connectivity index (χ4n) is 4.58. The predicted molar refractivity (Wildman–Crippen MR) is 156 cm³/mol. The van der Waals surface area contributed by atoms with E-state index in [1.54, 1.807) is 0 Å². The van der Waals surface area contributed by atoms with Gasteiger partial charge in [0.15, 0.2) is 17.3 Å². The molecule has 0 unspecified atom stereocenters. The number of hydrogen-bond donors (Lipinski definition) is 4. The van der Waals surface area contributed by atoms with Gasteiger partial charge in [0.05, 0.1) is 11.6 Å². The molecule has 5 rings (SSSR count). The van der Waals surface area contributed by atoms with Crippen molar-refractivity contribution in [3.8, 4) is 22.6 Å². The first-order chi connectivity index (χ1) is 20.7. The third-order valence-corrected chi connectivity index (χ3v) is 7.25. The molecule has 3 heterocycles. The molecule has 2 aromatic carbocycles. The first-order valence-electron chi connectivity index (χ1n) is 13.3. The highest BCUT2D eigenvalue weighted by Gasteiger charge is 2.25. The minimum Gasteiger partial charge on any atom is -0.459 e. The summed E-state index contributed by atoms with van der Waals surface area (Å²) in [6.07, 6.45) is 3.93. The molecule has 222 valence electrons. The van der Waals surface area contributed by atoms with Crippen LogP contribution in [0.4, 0.5) is 20.3 Å². The van der Waals surface area contributed by atoms with Gasteiger partial charge in [-0.05, 0) is 55.8 Å². The van der Waals surface area contributed by atoms with E-state index >= 15 is 0 Å². The summed E-state index contributed by atoms with van der Waals surface area (Å²) < 4.78 is 39.4. The van der Waals surface area contributed by atoms with Crippen molar-refractivity contribution in [3.05, 3.63) is 99.1 Å². The van der Waals surface area contributed by atoms with Crippen LogP contribution < -0.4 is 26.5 Å². The molecule has 13 heteroatoms. The highest BCUT2D eigenvalue weighted by atomic mass is 35.5. The number of aromatic amines is 1. The second-order valence-corrected chi connectivity index (χ2v) is 10.1. The molecule has 0 aliphatic carbocycles. The summed E-state index contributed by atoms with van der Waals surface area (Å²) in [7, 11) is 0. The Morgan fingerprint density at radius 1 is 1.07 bits per heavy atom. The number of carbonyl (C=O) groups is 2. The SMILES string of the molecule is Nc1nccc(Oc2ccc(NC(=O)c3c(COC(=O)C4CCNCC4)[nH]cc(-c4ccc(F)cc4)c3=O)cc2F)c1Cl. The van der Waals surface area contributed by atoms with E-state index in [1.807, 2.05) is 0 Å². The van der Waals surface area contributed by atoms with E-state index in [-0.39, 0.29) is 57.4 Å². The van der Waals surface area contributed by atoms with Crippen molar-refractivity contribution in [2.24, 2.45) is 5.92 Å². The predicted octanol–water partition coefficient (Wildman–Crippen LogP) is 5.04. The number of amides is 1. The maximum atomic E-state index is 15.0. The number of nitrogen functional groups attached to an aromatic ring is 1. The molecule has 1 fully saturated rings. The molecule has 1 aliphatic heterocycles. The third-order valence-electron chi connectivity index (χ3n) is 6.87. The van der Waals surface area contributed by atoms with Crippen molar-refractivity contribution in [1.82, 2.24) is 15.3 Å². The quantitative estimate of drug-likeness (QED) is 0.203. The van der Waals surface area contributed by atoms with E-state index in [4.69, 9.17) is 26.8 Å². The number of H-pyrrole nitrogens is 1. The van der Waals surface area contributed by atoms with Crippen LogP contribution in [0.15, 0.2) is 65.7 Å². The average Bonchev–Trinajstić information content (AvgIpc) is 3.00. The van der Waals surface area contributed by atoms with Gasteiger partial charge in [-0.15, -0.1) is 0 Å².